The molecule has 2 N–H and O–H groups in total. The van der Waals surface area contributed by atoms with Gasteiger partial charge in [-0.3, -0.25) is 0 Å². The van der Waals surface area contributed by atoms with Crippen LogP contribution in [0.1, 0.15) is 58.4 Å². The maximum Gasteiger partial charge on any atom is 0.421 e. The molecule has 1 heterocycles. The van der Waals surface area contributed by atoms with Crippen molar-refractivity contribution in [2.75, 3.05) is 10.6 Å². The highest BCUT2D eigenvalue weighted by molar-refractivity contribution is 5.64. The molecule has 1 aliphatic carbocycles. The SMILES string of the molecule is CC(C)(C)Oc1cccc(Nc2nc(Nc3ccc(OC4CCCCC4)cc3)ncc2C(F)(F)F)c1. The number of aromatic nitrogens is 2. The molecule has 0 amide bonds. The summed E-state index contributed by atoms with van der Waals surface area (Å²) in [4.78, 5) is 8.01. The predicted octanol–water partition coefficient (Wildman–Crippen LogP) is 7.87. The summed E-state index contributed by atoms with van der Waals surface area (Å²) in [7, 11) is 0. The van der Waals surface area contributed by atoms with E-state index in [1.165, 1.54) is 19.3 Å². The fraction of sp³-hybridized carbons (Fsp3) is 0.407. The van der Waals surface area contributed by atoms with Crippen LogP contribution in [0.2, 0.25) is 0 Å². The van der Waals surface area contributed by atoms with Crippen LogP contribution in [0.3, 0.4) is 0 Å². The third-order valence-corrected chi connectivity index (χ3v) is 5.58. The lowest BCUT2D eigenvalue weighted by atomic mass is 9.98. The number of hydrogen-bond acceptors (Lipinski definition) is 6. The van der Waals surface area contributed by atoms with Gasteiger partial charge in [0.1, 0.15) is 28.5 Å². The van der Waals surface area contributed by atoms with E-state index < -0.39 is 17.3 Å². The summed E-state index contributed by atoms with van der Waals surface area (Å²) in [5.74, 6) is 0.975. The monoisotopic (exact) mass is 500 g/mol. The van der Waals surface area contributed by atoms with Gasteiger partial charge in [0, 0.05) is 23.6 Å². The van der Waals surface area contributed by atoms with Gasteiger partial charge in [0.25, 0.3) is 0 Å². The number of nitrogens with one attached hydrogen (secondary N) is 2. The molecule has 36 heavy (non-hydrogen) atoms. The normalized spacial score (nSPS) is 14.8. The van der Waals surface area contributed by atoms with Gasteiger partial charge in [0.05, 0.1) is 6.10 Å². The lowest BCUT2D eigenvalue weighted by Gasteiger charge is -2.23. The highest BCUT2D eigenvalue weighted by Crippen LogP contribution is 2.36. The van der Waals surface area contributed by atoms with Crippen LogP contribution in [0.4, 0.5) is 36.3 Å². The van der Waals surface area contributed by atoms with Crippen molar-refractivity contribution in [3.63, 3.8) is 0 Å². The van der Waals surface area contributed by atoms with Crippen molar-refractivity contribution in [2.45, 2.75) is 70.8 Å². The Morgan fingerprint density at radius 1 is 0.861 bits per heavy atom. The van der Waals surface area contributed by atoms with Crippen molar-refractivity contribution < 1.29 is 22.6 Å². The van der Waals surface area contributed by atoms with Crippen LogP contribution >= 0.6 is 0 Å². The van der Waals surface area contributed by atoms with Crippen LogP contribution in [0, 0.1) is 0 Å². The van der Waals surface area contributed by atoms with Gasteiger partial charge in [-0.15, -0.1) is 0 Å². The Kier molecular flexibility index (Phi) is 7.56. The topological polar surface area (TPSA) is 68.3 Å². The Bertz CT molecular complexity index is 1150. The molecule has 1 aliphatic rings. The number of alkyl halides is 3. The average Bonchev–Trinajstić information content (AvgIpc) is 2.80. The summed E-state index contributed by atoms with van der Waals surface area (Å²) in [6, 6.07) is 14.0. The molecule has 0 aliphatic heterocycles. The molecular formula is C27H31F3N4O2. The average molecular weight is 501 g/mol. The predicted molar refractivity (Wildman–Crippen MR) is 134 cm³/mol. The lowest BCUT2D eigenvalue weighted by Crippen LogP contribution is -2.22. The molecule has 0 bridgehead atoms. The molecule has 3 aromatic rings. The molecule has 1 saturated carbocycles. The highest BCUT2D eigenvalue weighted by atomic mass is 19.4. The van der Waals surface area contributed by atoms with E-state index in [4.69, 9.17) is 9.47 Å². The van der Waals surface area contributed by atoms with Crippen molar-refractivity contribution in [3.8, 4) is 11.5 Å². The number of halogens is 3. The molecule has 0 spiro atoms. The Hall–Kier alpha value is -3.49. The number of ether oxygens (including phenoxy) is 2. The molecule has 9 heteroatoms. The molecule has 0 saturated heterocycles. The van der Waals surface area contributed by atoms with Crippen molar-refractivity contribution in [1.82, 2.24) is 9.97 Å². The summed E-state index contributed by atoms with van der Waals surface area (Å²) in [5.41, 5.74) is -0.363. The van der Waals surface area contributed by atoms with E-state index >= 15 is 0 Å². The van der Waals surface area contributed by atoms with Gasteiger partial charge in [-0.05, 0) is 82.9 Å². The Morgan fingerprint density at radius 3 is 2.25 bits per heavy atom. The van der Waals surface area contributed by atoms with Gasteiger partial charge in [0.2, 0.25) is 5.95 Å². The second kappa shape index (κ2) is 10.6. The maximum absolute atomic E-state index is 13.7. The van der Waals surface area contributed by atoms with Crippen molar-refractivity contribution >= 4 is 23.1 Å². The summed E-state index contributed by atoms with van der Waals surface area (Å²) < 4.78 is 52.9. The molecule has 4 rings (SSSR count). The lowest BCUT2D eigenvalue weighted by molar-refractivity contribution is -0.137. The van der Waals surface area contributed by atoms with Gasteiger partial charge in [0.15, 0.2) is 0 Å². The fourth-order valence-corrected chi connectivity index (χ4v) is 3.99. The van der Waals surface area contributed by atoms with E-state index in [0.29, 0.717) is 17.1 Å². The largest absolute Gasteiger partial charge is 0.490 e. The zero-order valence-electron chi connectivity index (χ0n) is 20.7. The molecule has 2 aromatic carbocycles. The number of benzene rings is 2. The third-order valence-electron chi connectivity index (χ3n) is 5.58. The second-order valence-electron chi connectivity index (χ2n) is 9.85. The zero-order chi connectivity index (χ0) is 25.8. The van der Waals surface area contributed by atoms with E-state index in [2.05, 4.69) is 20.6 Å². The molecular weight excluding hydrogens is 469 g/mol. The van der Waals surface area contributed by atoms with Crippen LogP contribution in [-0.2, 0) is 6.18 Å². The minimum absolute atomic E-state index is 0.0357. The molecule has 0 unspecified atom stereocenters. The standard InChI is InChI=1S/C27H31F3N4O2/c1-26(2,3)36-22-11-7-8-19(16-22)32-24-23(27(28,29)30)17-31-25(34-24)33-18-12-14-21(15-13-18)35-20-9-5-4-6-10-20/h7-8,11-17,20H,4-6,9-10H2,1-3H3,(H2,31,32,33,34). The van der Waals surface area contributed by atoms with Crippen LogP contribution < -0.4 is 20.1 Å². The smallest absolute Gasteiger partial charge is 0.421 e. The minimum Gasteiger partial charge on any atom is -0.490 e. The van der Waals surface area contributed by atoms with Gasteiger partial charge in [-0.1, -0.05) is 12.5 Å². The first-order valence-electron chi connectivity index (χ1n) is 12.1. The minimum atomic E-state index is -4.63. The van der Waals surface area contributed by atoms with Gasteiger partial charge in [-0.2, -0.15) is 18.2 Å². The van der Waals surface area contributed by atoms with Crippen molar-refractivity contribution in [1.29, 1.82) is 0 Å². The Labute approximate surface area is 209 Å². The molecule has 192 valence electrons. The van der Waals surface area contributed by atoms with E-state index in [9.17, 15) is 13.2 Å². The maximum atomic E-state index is 13.7. The van der Waals surface area contributed by atoms with E-state index in [0.717, 1.165) is 24.8 Å². The zero-order valence-corrected chi connectivity index (χ0v) is 20.7. The van der Waals surface area contributed by atoms with Crippen LogP contribution in [-0.4, -0.2) is 21.7 Å². The van der Waals surface area contributed by atoms with Crippen molar-refractivity contribution in [3.05, 3.63) is 60.3 Å². The van der Waals surface area contributed by atoms with E-state index in [1.807, 2.05) is 32.9 Å². The highest BCUT2D eigenvalue weighted by Gasteiger charge is 2.35. The van der Waals surface area contributed by atoms with E-state index in [1.54, 1.807) is 36.4 Å². The number of rotatable bonds is 7. The summed E-state index contributed by atoms with van der Waals surface area (Å²) in [6.07, 6.45) is 2.10. The molecule has 0 atom stereocenters. The van der Waals surface area contributed by atoms with Crippen LogP contribution in [0.5, 0.6) is 11.5 Å². The Balaban J connectivity index is 1.51. The van der Waals surface area contributed by atoms with Crippen LogP contribution in [0.25, 0.3) is 0 Å². The fourth-order valence-electron chi connectivity index (χ4n) is 3.99. The quantitative estimate of drug-likeness (QED) is 0.344. The molecule has 1 fully saturated rings. The summed E-state index contributed by atoms with van der Waals surface area (Å²) >= 11 is 0. The van der Waals surface area contributed by atoms with Crippen molar-refractivity contribution in [2.24, 2.45) is 0 Å². The van der Waals surface area contributed by atoms with Gasteiger partial charge < -0.3 is 20.1 Å². The van der Waals surface area contributed by atoms with E-state index in [-0.39, 0.29) is 17.9 Å². The molecule has 0 radical (unpaired) electrons. The summed E-state index contributed by atoms with van der Waals surface area (Å²) in [6.45, 7) is 5.68. The van der Waals surface area contributed by atoms with Gasteiger partial charge in [-0.25, -0.2) is 4.98 Å². The number of hydrogen-bond donors (Lipinski definition) is 2. The summed E-state index contributed by atoms with van der Waals surface area (Å²) in [5, 5.41) is 5.75. The first-order chi connectivity index (χ1) is 17.0. The van der Waals surface area contributed by atoms with Crippen LogP contribution in [0.15, 0.2) is 54.7 Å². The number of anilines is 4. The Morgan fingerprint density at radius 2 is 1.58 bits per heavy atom. The first kappa shape index (κ1) is 25.6. The van der Waals surface area contributed by atoms with Gasteiger partial charge >= 0.3 is 6.18 Å². The third kappa shape index (κ3) is 7.26. The molecule has 1 aromatic heterocycles. The number of nitrogens with zero attached hydrogens (tertiary/aromatic N) is 2. The molecule has 6 nitrogen and oxygen atoms in total. The second-order valence-corrected chi connectivity index (χ2v) is 9.85. The first-order valence-corrected chi connectivity index (χ1v) is 12.1.